The van der Waals surface area contributed by atoms with E-state index in [1.807, 2.05) is 67.6 Å². The molecular weight excluding hydrogens is 442 g/mol. The molecule has 2 aromatic carbocycles. The number of nitrogens with zero attached hydrogens (tertiary/aromatic N) is 4. The van der Waals surface area contributed by atoms with Crippen LogP contribution in [0.2, 0.25) is 0 Å². The molecule has 0 saturated carbocycles. The van der Waals surface area contributed by atoms with Crippen LogP contribution in [0.3, 0.4) is 0 Å². The summed E-state index contributed by atoms with van der Waals surface area (Å²) >= 11 is 0. The van der Waals surface area contributed by atoms with Gasteiger partial charge in [-0.15, -0.1) is 0 Å². The SMILES string of the molecule is COc1ccc([C@@H]2C(C)=Nc3ccccc3N=C2NC(=O)CN2CCN(c3ccco3)CC2)cc1. The second kappa shape index (κ2) is 10.1. The van der Waals surface area contributed by atoms with E-state index >= 15 is 0 Å². The fourth-order valence-corrected chi connectivity index (χ4v) is 4.56. The summed E-state index contributed by atoms with van der Waals surface area (Å²) < 4.78 is 10.8. The number of aliphatic imine (C=N–C) groups is 2. The summed E-state index contributed by atoms with van der Waals surface area (Å²) in [7, 11) is 1.64. The van der Waals surface area contributed by atoms with Gasteiger partial charge in [0.25, 0.3) is 0 Å². The van der Waals surface area contributed by atoms with Crippen LogP contribution in [0.1, 0.15) is 18.4 Å². The monoisotopic (exact) mass is 471 g/mol. The summed E-state index contributed by atoms with van der Waals surface area (Å²) in [5.74, 6) is 1.88. The van der Waals surface area contributed by atoms with E-state index < -0.39 is 0 Å². The van der Waals surface area contributed by atoms with Crippen LogP contribution in [0, 0.1) is 0 Å². The zero-order chi connectivity index (χ0) is 24.2. The molecule has 1 amide bonds. The predicted octanol–water partition coefficient (Wildman–Crippen LogP) is 4.15. The van der Waals surface area contributed by atoms with Crippen LogP contribution in [0.15, 0.2) is 81.3 Å². The maximum atomic E-state index is 13.2. The van der Waals surface area contributed by atoms with E-state index in [1.165, 1.54) is 0 Å². The number of nitrogens with one attached hydrogen (secondary N) is 1. The lowest BCUT2D eigenvalue weighted by molar-refractivity contribution is -0.120. The first-order valence-electron chi connectivity index (χ1n) is 11.8. The van der Waals surface area contributed by atoms with Crippen LogP contribution in [-0.4, -0.2) is 62.2 Å². The number of benzene rings is 2. The average Bonchev–Trinajstić information content (AvgIpc) is 3.37. The topological polar surface area (TPSA) is 82.7 Å². The normalized spacial score (nSPS) is 18.2. The van der Waals surface area contributed by atoms with Gasteiger partial charge in [-0.25, -0.2) is 4.99 Å². The van der Waals surface area contributed by atoms with Gasteiger partial charge in [0.1, 0.15) is 11.6 Å². The number of hydrogen-bond donors (Lipinski definition) is 1. The minimum Gasteiger partial charge on any atom is -0.497 e. The molecule has 1 saturated heterocycles. The maximum Gasteiger partial charge on any atom is 0.239 e. The standard InChI is InChI=1S/C27H29N5O3/c1-19-26(20-9-11-21(34-2)12-10-20)27(29-23-7-4-3-6-22(23)28-19)30-24(33)18-31-13-15-32(16-14-31)25-8-5-17-35-25/h3-12,17,26H,13-16,18H2,1-2H3,(H,29,30,33)/t26-/m0/s1. The number of para-hydroxylation sites is 2. The average molecular weight is 472 g/mol. The molecular formula is C27H29N5O3. The minimum atomic E-state index is -0.270. The Morgan fingerprint density at radius 1 is 1.00 bits per heavy atom. The second-order valence-electron chi connectivity index (χ2n) is 8.71. The van der Waals surface area contributed by atoms with Crippen LogP contribution in [-0.2, 0) is 4.79 Å². The summed E-state index contributed by atoms with van der Waals surface area (Å²) in [6, 6.07) is 19.4. The quantitative estimate of drug-likeness (QED) is 0.605. The molecule has 1 N–H and O–H groups in total. The van der Waals surface area contributed by atoms with E-state index in [0.717, 1.165) is 60.5 Å². The fraction of sp³-hybridized carbons (Fsp3) is 0.296. The Balaban J connectivity index is 1.34. The molecule has 8 heteroatoms. The third-order valence-electron chi connectivity index (χ3n) is 6.38. The van der Waals surface area contributed by atoms with Crippen molar-refractivity contribution in [3.05, 3.63) is 72.5 Å². The first-order valence-corrected chi connectivity index (χ1v) is 11.8. The molecule has 3 heterocycles. The Hall–Kier alpha value is -3.91. The van der Waals surface area contributed by atoms with Crippen LogP contribution in [0.5, 0.6) is 5.75 Å². The molecule has 0 aliphatic carbocycles. The number of amidine groups is 1. The van der Waals surface area contributed by atoms with Crippen molar-refractivity contribution in [3.63, 3.8) is 0 Å². The number of furan rings is 1. The van der Waals surface area contributed by atoms with Gasteiger partial charge >= 0.3 is 0 Å². The van der Waals surface area contributed by atoms with Crippen molar-refractivity contribution < 1.29 is 13.9 Å². The lowest BCUT2D eigenvalue weighted by atomic mass is 9.93. The van der Waals surface area contributed by atoms with Gasteiger partial charge < -0.3 is 19.4 Å². The summed E-state index contributed by atoms with van der Waals surface area (Å²) in [4.78, 5) is 27.2. The lowest BCUT2D eigenvalue weighted by Gasteiger charge is -2.34. The van der Waals surface area contributed by atoms with Crippen LogP contribution >= 0.6 is 0 Å². The maximum absolute atomic E-state index is 13.2. The fourth-order valence-electron chi connectivity index (χ4n) is 4.56. The molecule has 1 aromatic heterocycles. The Bertz CT molecular complexity index is 1230. The summed E-state index contributed by atoms with van der Waals surface area (Å²) in [5, 5.41) is 3.12. The number of hydrogen-bond acceptors (Lipinski definition) is 7. The van der Waals surface area contributed by atoms with Gasteiger partial charge in [-0.05, 0) is 42.8 Å². The zero-order valence-electron chi connectivity index (χ0n) is 20.0. The number of carbonyl (C=O) groups excluding carboxylic acids is 1. The van der Waals surface area contributed by atoms with E-state index in [4.69, 9.17) is 19.1 Å². The molecule has 8 nitrogen and oxygen atoms in total. The van der Waals surface area contributed by atoms with Gasteiger partial charge in [0, 0.05) is 38.0 Å². The second-order valence-corrected chi connectivity index (χ2v) is 8.71. The van der Waals surface area contributed by atoms with Gasteiger partial charge in [-0.1, -0.05) is 24.3 Å². The first kappa shape index (κ1) is 22.9. The van der Waals surface area contributed by atoms with Crippen LogP contribution in [0.25, 0.3) is 0 Å². The Kier molecular flexibility index (Phi) is 6.63. The molecule has 0 bridgehead atoms. The van der Waals surface area contributed by atoms with Crippen molar-refractivity contribution in [1.29, 1.82) is 0 Å². The Morgan fingerprint density at radius 2 is 1.71 bits per heavy atom. The highest BCUT2D eigenvalue weighted by molar-refractivity contribution is 6.17. The van der Waals surface area contributed by atoms with Crippen molar-refractivity contribution >= 4 is 34.7 Å². The number of anilines is 1. The molecule has 1 fully saturated rings. The summed E-state index contributed by atoms with van der Waals surface area (Å²) in [5.41, 5.74) is 3.39. The number of carbonyl (C=O) groups is 1. The lowest BCUT2D eigenvalue weighted by Crippen LogP contribution is -2.50. The summed E-state index contributed by atoms with van der Waals surface area (Å²) in [6.45, 7) is 5.48. The van der Waals surface area contributed by atoms with Gasteiger partial charge in [0.2, 0.25) is 5.91 Å². The van der Waals surface area contributed by atoms with Crippen molar-refractivity contribution in [2.45, 2.75) is 12.8 Å². The number of amides is 1. The van der Waals surface area contributed by atoms with E-state index in [1.54, 1.807) is 13.4 Å². The van der Waals surface area contributed by atoms with E-state index in [9.17, 15) is 4.79 Å². The molecule has 5 rings (SSSR count). The Labute approximate surface area is 204 Å². The first-order chi connectivity index (χ1) is 17.1. The van der Waals surface area contributed by atoms with Crippen molar-refractivity contribution in [1.82, 2.24) is 10.2 Å². The number of rotatable bonds is 5. The van der Waals surface area contributed by atoms with Crippen LogP contribution in [0.4, 0.5) is 17.3 Å². The number of piperazine rings is 1. The third-order valence-corrected chi connectivity index (χ3v) is 6.38. The minimum absolute atomic E-state index is 0.0825. The zero-order valence-corrected chi connectivity index (χ0v) is 20.0. The molecule has 0 unspecified atom stereocenters. The van der Waals surface area contributed by atoms with Crippen molar-refractivity contribution in [2.75, 3.05) is 44.7 Å². The molecule has 0 radical (unpaired) electrons. The highest BCUT2D eigenvalue weighted by atomic mass is 16.5. The number of fused-ring (bicyclic) bond motifs is 1. The summed E-state index contributed by atoms with van der Waals surface area (Å²) in [6.07, 6.45) is 1.69. The number of ether oxygens (including phenoxy) is 1. The van der Waals surface area contributed by atoms with Gasteiger partial charge in [-0.3, -0.25) is 14.7 Å². The van der Waals surface area contributed by atoms with Crippen LogP contribution < -0.4 is 15.0 Å². The van der Waals surface area contributed by atoms with E-state index in [0.29, 0.717) is 12.4 Å². The molecule has 0 spiro atoms. The largest absolute Gasteiger partial charge is 0.497 e. The van der Waals surface area contributed by atoms with Crippen molar-refractivity contribution in [3.8, 4) is 5.75 Å². The smallest absolute Gasteiger partial charge is 0.239 e. The van der Waals surface area contributed by atoms with Gasteiger partial charge in [0.05, 0.1) is 37.2 Å². The number of methoxy groups -OCH3 is 1. The molecule has 2 aliphatic rings. The molecule has 1 atom stereocenters. The van der Waals surface area contributed by atoms with E-state index in [-0.39, 0.29) is 11.8 Å². The third kappa shape index (κ3) is 5.12. The highest BCUT2D eigenvalue weighted by Gasteiger charge is 2.28. The van der Waals surface area contributed by atoms with E-state index in [2.05, 4.69) is 15.1 Å². The molecule has 35 heavy (non-hydrogen) atoms. The molecule has 180 valence electrons. The highest BCUT2D eigenvalue weighted by Crippen LogP contribution is 2.34. The molecule has 2 aliphatic heterocycles. The predicted molar refractivity (Wildman–Crippen MR) is 138 cm³/mol. The van der Waals surface area contributed by atoms with Gasteiger partial charge in [-0.2, -0.15) is 0 Å². The van der Waals surface area contributed by atoms with Crippen molar-refractivity contribution in [2.24, 2.45) is 9.98 Å². The Morgan fingerprint density at radius 3 is 2.37 bits per heavy atom. The molecule has 3 aromatic rings. The van der Waals surface area contributed by atoms with Gasteiger partial charge in [0.15, 0.2) is 5.88 Å².